The lowest BCUT2D eigenvalue weighted by Crippen LogP contribution is -2.41. The summed E-state index contributed by atoms with van der Waals surface area (Å²) in [6.07, 6.45) is 5.57. The first-order valence-electron chi connectivity index (χ1n) is 6.18. The van der Waals surface area contributed by atoms with Gasteiger partial charge in [-0.25, -0.2) is 0 Å². The van der Waals surface area contributed by atoms with Gasteiger partial charge in [-0.1, -0.05) is 0 Å². The second-order valence-electron chi connectivity index (χ2n) is 4.55. The third-order valence-corrected chi connectivity index (χ3v) is 3.23. The largest absolute Gasteiger partial charge is 0.349 e. The zero-order valence-electron chi connectivity index (χ0n) is 10.1. The maximum atomic E-state index is 12.0. The molecule has 2 heterocycles. The molecular weight excluding hydrogens is 214 g/mol. The van der Waals surface area contributed by atoms with Crippen molar-refractivity contribution in [2.75, 3.05) is 13.1 Å². The van der Waals surface area contributed by atoms with Crippen LogP contribution in [0.3, 0.4) is 0 Å². The van der Waals surface area contributed by atoms with E-state index in [2.05, 4.69) is 15.6 Å². The number of amides is 1. The molecule has 0 aromatic carbocycles. The third kappa shape index (κ3) is 3.27. The summed E-state index contributed by atoms with van der Waals surface area (Å²) in [6.45, 7) is 3.84. The van der Waals surface area contributed by atoms with Crippen molar-refractivity contribution in [2.45, 2.75) is 25.8 Å². The van der Waals surface area contributed by atoms with Crippen LogP contribution in [0.2, 0.25) is 0 Å². The van der Waals surface area contributed by atoms with Gasteiger partial charge in [0.1, 0.15) is 0 Å². The predicted molar refractivity (Wildman–Crippen MR) is 66.4 cm³/mol. The average molecular weight is 233 g/mol. The first-order valence-corrected chi connectivity index (χ1v) is 6.18. The number of nitrogens with zero attached hydrogens (tertiary/aromatic N) is 1. The smallest absolute Gasteiger partial charge is 0.224 e. The molecular formula is C13H19N3O. The summed E-state index contributed by atoms with van der Waals surface area (Å²) in [4.78, 5) is 16.0. The molecule has 1 fully saturated rings. The summed E-state index contributed by atoms with van der Waals surface area (Å²) in [5.41, 5.74) is 1.09. The van der Waals surface area contributed by atoms with E-state index >= 15 is 0 Å². The zero-order valence-corrected chi connectivity index (χ0v) is 10.1. The number of hydrogen-bond acceptors (Lipinski definition) is 3. The van der Waals surface area contributed by atoms with Gasteiger partial charge in [0.2, 0.25) is 5.91 Å². The minimum Gasteiger partial charge on any atom is -0.349 e. The molecule has 1 unspecified atom stereocenters. The van der Waals surface area contributed by atoms with Gasteiger partial charge in [0, 0.05) is 18.9 Å². The van der Waals surface area contributed by atoms with E-state index in [1.165, 1.54) is 0 Å². The maximum Gasteiger partial charge on any atom is 0.224 e. The van der Waals surface area contributed by atoms with E-state index in [9.17, 15) is 4.79 Å². The molecule has 4 nitrogen and oxygen atoms in total. The topological polar surface area (TPSA) is 54.0 Å². The summed E-state index contributed by atoms with van der Waals surface area (Å²) in [7, 11) is 0. The molecule has 0 radical (unpaired) electrons. The third-order valence-electron chi connectivity index (χ3n) is 3.23. The number of nitrogens with one attached hydrogen (secondary N) is 2. The van der Waals surface area contributed by atoms with Crippen molar-refractivity contribution in [1.82, 2.24) is 15.6 Å². The van der Waals surface area contributed by atoms with Crippen LogP contribution in [0.15, 0.2) is 24.5 Å². The number of aromatic nitrogens is 1. The Morgan fingerprint density at radius 2 is 2.29 bits per heavy atom. The van der Waals surface area contributed by atoms with E-state index in [1.807, 2.05) is 19.1 Å². The van der Waals surface area contributed by atoms with E-state index in [1.54, 1.807) is 12.4 Å². The van der Waals surface area contributed by atoms with Gasteiger partial charge in [-0.05, 0) is 44.0 Å². The standard InChI is InChI=1S/C13H19N3O/c1-10(11-4-7-14-8-5-11)16-13(17)12-3-2-6-15-9-12/h4-5,7-8,10,12,15H,2-3,6,9H2,1H3,(H,16,17)/t10-,12?/m0/s1. The Morgan fingerprint density at radius 1 is 1.53 bits per heavy atom. The van der Waals surface area contributed by atoms with Gasteiger partial charge in [-0.2, -0.15) is 0 Å². The van der Waals surface area contributed by atoms with Crippen molar-refractivity contribution >= 4 is 5.91 Å². The van der Waals surface area contributed by atoms with Crippen LogP contribution in [0.4, 0.5) is 0 Å². The monoisotopic (exact) mass is 233 g/mol. The molecule has 0 saturated carbocycles. The Morgan fingerprint density at radius 3 is 2.94 bits per heavy atom. The normalized spacial score (nSPS) is 21.8. The summed E-state index contributed by atoms with van der Waals surface area (Å²) in [5, 5.41) is 6.32. The first kappa shape index (κ1) is 12.0. The Kier molecular flexibility index (Phi) is 4.09. The fraction of sp³-hybridized carbons (Fsp3) is 0.538. The van der Waals surface area contributed by atoms with Gasteiger partial charge in [-0.15, -0.1) is 0 Å². The molecule has 2 atom stereocenters. The van der Waals surface area contributed by atoms with Gasteiger partial charge in [0.15, 0.2) is 0 Å². The predicted octanol–water partition coefficient (Wildman–Crippen LogP) is 1.26. The van der Waals surface area contributed by atoms with Crippen molar-refractivity contribution in [3.8, 4) is 0 Å². The number of hydrogen-bond donors (Lipinski definition) is 2. The molecule has 2 N–H and O–H groups in total. The lowest BCUT2D eigenvalue weighted by molar-refractivity contribution is -0.126. The molecule has 0 bridgehead atoms. The van der Waals surface area contributed by atoms with Crippen LogP contribution in [0.25, 0.3) is 0 Å². The Labute approximate surface area is 102 Å². The fourth-order valence-electron chi connectivity index (χ4n) is 2.14. The van der Waals surface area contributed by atoms with Crippen molar-refractivity contribution in [3.05, 3.63) is 30.1 Å². The Bertz CT molecular complexity index is 360. The van der Waals surface area contributed by atoms with Crippen LogP contribution >= 0.6 is 0 Å². The van der Waals surface area contributed by atoms with E-state index in [0.29, 0.717) is 0 Å². The van der Waals surface area contributed by atoms with E-state index < -0.39 is 0 Å². The highest BCUT2D eigenvalue weighted by Crippen LogP contribution is 2.14. The fourth-order valence-corrected chi connectivity index (χ4v) is 2.14. The van der Waals surface area contributed by atoms with Crippen LogP contribution in [0.5, 0.6) is 0 Å². The zero-order chi connectivity index (χ0) is 12.1. The van der Waals surface area contributed by atoms with Crippen LogP contribution in [0.1, 0.15) is 31.4 Å². The molecule has 1 aromatic heterocycles. The second kappa shape index (κ2) is 5.77. The van der Waals surface area contributed by atoms with Gasteiger partial charge in [0.25, 0.3) is 0 Å². The molecule has 1 aromatic rings. The van der Waals surface area contributed by atoms with E-state index in [0.717, 1.165) is 31.5 Å². The number of carbonyl (C=O) groups is 1. The Balaban J connectivity index is 1.89. The van der Waals surface area contributed by atoms with Gasteiger partial charge < -0.3 is 10.6 Å². The van der Waals surface area contributed by atoms with Gasteiger partial charge in [0.05, 0.1) is 12.0 Å². The van der Waals surface area contributed by atoms with Crippen molar-refractivity contribution in [2.24, 2.45) is 5.92 Å². The highest BCUT2D eigenvalue weighted by Gasteiger charge is 2.22. The quantitative estimate of drug-likeness (QED) is 0.826. The molecule has 2 rings (SSSR count). The number of pyridine rings is 1. The highest BCUT2D eigenvalue weighted by atomic mass is 16.1. The van der Waals surface area contributed by atoms with Gasteiger partial charge in [-0.3, -0.25) is 9.78 Å². The van der Waals surface area contributed by atoms with Gasteiger partial charge >= 0.3 is 0 Å². The summed E-state index contributed by atoms with van der Waals surface area (Å²) in [5.74, 6) is 0.273. The Hall–Kier alpha value is -1.42. The summed E-state index contributed by atoms with van der Waals surface area (Å²) < 4.78 is 0. The molecule has 1 saturated heterocycles. The minimum absolute atomic E-state index is 0.0485. The minimum atomic E-state index is 0.0485. The number of carbonyl (C=O) groups excluding carboxylic acids is 1. The number of rotatable bonds is 3. The summed E-state index contributed by atoms with van der Waals surface area (Å²) in [6, 6.07) is 3.92. The molecule has 0 spiro atoms. The van der Waals surface area contributed by atoms with Crippen LogP contribution < -0.4 is 10.6 Å². The average Bonchev–Trinajstić information content (AvgIpc) is 2.40. The molecule has 1 amide bonds. The van der Waals surface area contributed by atoms with Crippen LogP contribution in [-0.4, -0.2) is 24.0 Å². The number of piperidine rings is 1. The molecule has 1 aliphatic heterocycles. The molecule has 0 aliphatic carbocycles. The highest BCUT2D eigenvalue weighted by molar-refractivity contribution is 5.79. The van der Waals surface area contributed by atoms with Crippen LogP contribution in [0, 0.1) is 5.92 Å². The maximum absolute atomic E-state index is 12.0. The van der Waals surface area contributed by atoms with Crippen molar-refractivity contribution < 1.29 is 4.79 Å². The van der Waals surface area contributed by atoms with Crippen LogP contribution in [-0.2, 0) is 4.79 Å². The molecule has 17 heavy (non-hydrogen) atoms. The SMILES string of the molecule is C[C@H](NC(=O)C1CCCNC1)c1ccncc1. The lowest BCUT2D eigenvalue weighted by Gasteiger charge is -2.24. The first-order chi connectivity index (χ1) is 8.27. The van der Waals surface area contributed by atoms with E-state index in [-0.39, 0.29) is 17.9 Å². The summed E-state index contributed by atoms with van der Waals surface area (Å²) >= 11 is 0. The van der Waals surface area contributed by atoms with Crippen molar-refractivity contribution in [1.29, 1.82) is 0 Å². The molecule has 4 heteroatoms. The van der Waals surface area contributed by atoms with E-state index in [4.69, 9.17) is 0 Å². The molecule has 1 aliphatic rings. The molecule has 92 valence electrons. The lowest BCUT2D eigenvalue weighted by atomic mass is 9.98. The second-order valence-corrected chi connectivity index (χ2v) is 4.55. The van der Waals surface area contributed by atoms with Crippen molar-refractivity contribution in [3.63, 3.8) is 0 Å².